The molecule has 0 bridgehead atoms. The molecule has 0 unspecified atom stereocenters. The first kappa shape index (κ1) is 18.2. The van der Waals surface area contributed by atoms with Crippen molar-refractivity contribution in [2.24, 2.45) is 0 Å². The Bertz CT molecular complexity index is 923. The number of aromatic nitrogens is 3. The molecule has 0 aliphatic heterocycles. The highest BCUT2D eigenvalue weighted by Gasteiger charge is 2.11. The van der Waals surface area contributed by atoms with E-state index in [0.29, 0.717) is 27.3 Å². The summed E-state index contributed by atoms with van der Waals surface area (Å²) >= 11 is 7.13. The van der Waals surface area contributed by atoms with E-state index in [0.717, 1.165) is 5.56 Å². The lowest BCUT2D eigenvalue weighted by atomic mass is 10.1. The molecule has 0 atom stereocenters. The number of amides is 1. The minimum atomic E-state index is -0.152. The highest BCUT2D eigenvalue weighted by Crippen LogP contribution is 2.22. The molecule has 0 aliphatic carbocycles. The third-order valence-corrected chi connectivity index (χ3v) is 4.54. The number of ketones is 1. The van der Waals surface area contributed by atoms with E-state index < -0.39 is 0 Å². The average Bonchev–Trinajstić information content (AvgIpc) is 3.09. The predicted molar refractivity (Wildman–Crippen MR) is 103 cm³/mol. The zero-order chi connectivity index (χ0) is 18.5. The van der Waals surface area contributed by atoms with Gasteiger partial charge in [-0.25, -0.2) is 4.98 Å². The van der Waals surface area contributed by atoms with E-state index in [1.807, 2.05) is 12.1 Å². The highest BCUT2D eigenvalue weighted by molar-refractivity contribution is 7.99. The van der Waals surface area contributed by atoms with Crippen LogP contribution in [0, 0.1) is 0 Å². The molecule has 0 fully saturated rings. The number of carbonyl (C=O) groups is 2. The van der Waals surface area contributed by atoms with Gasteiger partial charge in [-0.1, -0.05) is 23.4 Å². The first-order valence-electron chi connectivity index (χ1n) is 7.73. The molecule has 132 valence electrons. The van der Waals surface area contributed by atoms with Gasteiger partial charge in [-0.3, -0.25) is 14.7 Å². The number of thioether (sulfide) groups is 1. The summed E-state index contributed by atoms with van der Waals surface area (Å²) in [6.07, 6.45) is 0. The monoisotopic (exact) mass is 386 g/mol. The Kier molecular flexibility index (Phi) is 5.70. The second-order valence-electron chi connectivity index (χ2n) is 5.44. The Morgan fingerprint density at radius 2 is 1.81 bits per heavy atom. The molecule has 26 heavy (non-hydrogen) atoms. The van der Waals surface area contributed by atoms with E-state index in [1.165, 1.54) is 18.7 Å². The van der Waals surface area contributed by atoms with Gasteiger partial charge < -0.3 is 5.32 Å². The average molecular weight is 387 g/mol. The van der Waals surface area contributed by atoms with Crippen LogP contribution >= 0.6 is 23.4 Å². The van der Waals surface area contributed by atoms with Gasteiger partial charge in [0.15, 0.2) is 11.6 Å². The minimum absolute atomic E-state index is 0.0396. The van der Waals surface area contributed by atoms with Crippen molar-refractivity contribution in [3.05, 3.63) is 59.1 Å². The molecule has 1 aromatic heterocycles. The number of nitrogens with zero attached hydrogens (tertiary/aromatic N) is 2. The SMILES string of the molecule is CC(=O)Nc1ccc(C(=O)CSc2n[nH]c(-c3ccc(Cl)cc3)n2)cc1. The molecule has 6 nitrogen and oxygen atoms in total. The Balaban J connectivity index is 1.59. The summed E-state index contributed by atoms with van der Waals surface area (Å²) in [6, 6.07) is 14.0. The lowest BCUT2D eigenvalue weighted by Gasteiger charge is -2.03. The standard InChI is InChI=1S/C18H15ClN4O2S/c1-11(24)20-15-8-4-12(5-9-15)16(25)10-26-18-21-17(22-23-18)13-2-6-14(19)7-3-13/h2-9H,10H2,1H3,(H,20,24)(H,21,22,23). The maximum Gasteiger partial charge on any atom is 0.221 e. The van der Waals surface area contributed by atoms with Crippen molar-refractivity contribution >= 4 is 40.7 Å². The molecular weight excluding hydrogens is 372 g/mol. The van der Waals surface area contributed by atoms with Crippen LogP contribution in [0.5, 0.6) is 0 Å². The molecule has 0 aliphatic rings. The molecule has 8 heteroatoms. The number of hydrogen-bond donors (Lipinski definition) is 2. The Hall–Kier alpha value is -2.64. The molecule has 2 N–H and O–H groups in total. The van der Waals surface area contributed by atoms with Crippen molar-refractivity contribution in [1.82, 2.24) is 15.2 Å². The third kappa shape index (κ3) is 4.71. The summed E-state index contributed by atoms with van der Waals surface area (Å²) < 4.78 is 0. The molecule has 0 radical (unpaired) electrons. The highest BCUT2D eigenvalue weighted by atomic mass is 35.5. The van der Waals surface area contributed by atoms with Gasteiger partial charge in [0.2, 0.25) is 11.1 Å². The molecular formula is C18H15ClN4O2S. The van der Waals surface area contributed by atoms with Crippen LogP contribution in [-0.2, 0) is 4.79 Å². The number of halogens is 1. The van der Waals surface area contributed by atoms with Crippen molar-refractivity contribution in [3.63, 3.8) is 0 Å². The lowest BCUT2D eigenvalue weighted by Crippen LogP contribution is -2.07. The first-order valence-corrected chi connectivity index (χ1v) is 9.09. The quantitative estimate of drug-likeness (QED) is 0.492. The van der Waals surface area contributed by atoms with E-state index in [4.69, 9.17) is 11.6 Å². The summed E-state index contributed by atoms with van der Waals surface area (Å²) in [5.74, 6) is 0.649. The number of aromatic amines is 1. The van der Waals surface area contributed by atoms with Gasteiger partial charge in [0, 0.05) is 28.8 Å². The van der Waals surface area contributed by atoms with Gasteiger partial charge in [-0.05, 0) is 48.5 Å². The van der Waals surface area contributed by atoms with Crippen LogP contribution in [0.4, 0.5) is 5.69 Å². The summed E-state index contributed by atoms with van der Waals surface area (Å²) in [4.78, 5) is 27.7. The van der Waals surface area contributed by atoms with Gasteiger partial charge in [-0.15, -0.1) is 5.10 Å². The number of rotatable bonds is 6. The second kappa shape index (κ2) is 8.16. The van der Waals surface area contributed by atoms with Crippen LogP contribution in [0.25, 0.3) is 11.4 Å². The number of anilines is 1. The number of benzene rings is 2. The van der Waals surface area contributed by atoms with Crippen LogP contribution in [0.15, 0.2) is 53.7 Å². The summed E-state index contributed by atoms with van der Waals surface area (Å²) in [5, 5.41) is 10.8. The minimum Gasteiger partial charge on any atom is -0.326 e. The summed E-state index contributed by atoms with van der Waals surface area (Å²) in [5.41, 5.74) is 2.09. The molecule has 2 aromatic carbocycles. The number of nitrogens with one attached hydrogen (secondary N) is 2. The van der Waals surface area contributed by atoms with E-state index in [-0.39, 0.29) is 17.4 Å². The second-order valence-corrected chi connectivity index (χ2v) is 6.82. The maximum atomic E-state index is 12.3. The van der Waals surface area contributed by atoms with Gasteiger partial charge in [-0.2, -0.15) is 0 Å². The Labute approximate surface area is 159 Å². The molecule has 1 heterocycles. The van der Waals surface area contributed by atoms with Crippen molar-refractivity contribution in [2.75, 3.05) is 11.1 Å². The zero-order valence-electron chi connectivity index (χ0n) is 13.8. The number of Topliss-reactive ketones (excluding diaryl/α,β-unsaturated/α-hetero) is 1. The van der Waals surface area contributed by atoms with Crippen LogP contribution in [0.3, 0.4) is 0 Å². The van der Waals surface area contributed by atoms with Crippen molar-refractivity contribution in [2.45, 2.75) is 12.1 Å². The largest absolute Gasteiger partial charge is 0.326 e. The van der Waals surface area contributed by atoms with E-state index in [1.54, 1.807) is 36.4 Å². The lowest BCUT2D eigenvalue weighted by molar-refractivity contribution is -0.114. The summed E-state index contributed by atoms with van der Waals surface area (Å²) in [7, 11) is 0. The molecule has 0 saturated heterocycles. The Morgan fingerprint density at radius 3 is 2.46 bits per heavy atom. The van der Waals surface area contributed by atoms with E-state index in [9.17, 15) is 9.59 Å². The number of H-pyrrole nitrogens is 1. The normalized spacial score (nSPS) is 10.5. The van der Waals surface area contributed by atoms with Gasteiger partial charge >= 0.3 is 0 Å². The smallest absolute Gasteiger partial charge is 0.221 e. The number of hydrogen-bond acceptors (Lipinski definition) is 5. The van der Waals surface area contributed by atoms with Crippen molar-refractivity contribution < 1.29 is 9.59 Å². The molecule has 1 amide bonds. The number of carbonyl (C=O) groups excluding carboxylic acids is 2. The summed E-state index contributed by atoms with van der Waals surface area (Å²) in [6.45, 7) is 1.44. The van der Waals surface area contributed by atoms with E-state index >= 15 is 0 Å². The third-order valence-electron chi connectivity index (χ3n) is 3.44. The van der Waals surface area contributed by atoms with Crippen LogP contribution < -0.4 is 5.32 Å². The fourth-order valence-corrected chi connectivity index (χ4v) is 3.02. The van der Waals surface area contributed by atoms with Gasteiger partial charge in [0.05, 0.1) is 5.75 Å². The van der Waals surface area contributed by atoms with Crippen molar-refractivity contribution in [1.29, 1.82) is 0 Å². The predicted octanol–water partition coefficient (Wildman–Crippen LogP) is 4.06. The first-order chi connectivity index (χ1) is 12.5. The topological polar surface area (TPSA) is 87.7 Å². The fourth-order valence-electron chi connectivity index (χ4n) is 2.20. The molecule has 3 aromatic rings. The van der Waals surface area contributed by atoms with Gasteiger partial charge in [0.1, 0.15) is 0 Å². The van der Waals surface area contributed by atoms with Gasteiger partial charge in [0.25, 0.3) is 0 Å². The molecule has 0 saturated carbocycles. The Morgan fingerprint density at radius 1 is 1.12 bits per heavy atom. The zero-order valence-corrected chi connectivity index (χ0v) is 15.4. The fraction of sp³-hybridized carbons (Fsp3) is 0.111. The van der Waals surface area contributed by atoms with Crippen molar-refractivity contribution in [3.8, 4) is 11.4 Å². The molecule has 0 spiro atoms. The maximum absolute atomic E-state index is 12.3. The van der Waals surface area contributed by atoms with Crippen LogP contribution in [-0.4, -0.2) is 32.6 Å². The van der Waals surface area contributed by atoms with E-state index in [2.05, 4.69) is 20.5 Å². The van der Waals surface area contributed by atoms with Crippen LogP contribution in [0.1, 0.15) is 17.3 Å². The molecule has 3 rings (SSSR count). The van der Waals surface area contributed by atoms with Crippen LogP contribution in [0.2, 0.25) is 5.02 Å².